The van der Waals surface area contributed by atoms with E-state index in [1.807, 2.05) is 6.08 Å². The van der Waals surface area contributed by atoms with Gasteiger partial charge in [0.05, 0.1) is 6.61 Å². The van der Waals surface area contributed by atoms with Gasteiger partial charge in [0.25, 0.3) is 0 Å². The molecular formula is C14H26O. The van der Waals surface area contributed by atoms with Crippen molar-refractivity contribution in [1.82, 2.24) is 0 Å². The van der Waals surface area contributed by atoms with Gasteiger partial charge in [-0.3, -0.25) is 0 Å². The fourth-order valence-electron chi connectivity index (χ4n) is 2.79. The maximum atomic E-state index is 8.90. The molecule has 0 amide bonds. The van der Waals surface area contributed by atoms with Crippen LogP contribution < -0.4 is 0 Å². The maximum absolute atomic E-state index is 8.90. The molecule has 1 fully saturated rings. The largest absolute Gasteiger partial charge is 0.392 e. The van der Waals surface area contributed by atoms with Crippen LogP contribution in [-0.2, 0) is 0 Å². The molecule has 0 aromatic rings. The molecule has 0 heterocycles. The predicted octanol–water partition coefficient (Wildman–Crippen LogP) is 4.07. The fraction of sp³-hybridized carbons (Fsp3) is 0.857. The molecule has 0 aromatic carbocycles. The zero-order chi connectivity index (χ0) is 11.0. The fourth-order valence-corrected chi connectivity index (χ4v) is 2.79. The smallest absolute Gasteiger partial charge is 0.0612 e. The Balaban J connectivity index is 2.46. The Labute approximate surface area is 94.6 Å². The zero-order valence-corrected chi connectivity index (χ0v) is 10.2. The number of allylic oxidation sites excluding steroid dienone is 1. The van der Waals surface area contributed by atoms with E-state index in [9.17, 15) is 0 Å². The lowest BCUT2D eigenvalue weighted by Gasteiger charge is -2.35. The first kappa shape index (κ1) is 12.8. The monoisotopic (exact) mass is 210 g/mol. The van der Waals surface area contributed by atoms with Gasteiger partial charge in [-0.25, -0.2) is 0 Å². The summed E-state index contributed by atoms with van der Waals surface area (Å²) in [6.07, 6.45) is 16.4. The standard InChI is InChI=1S/C14H26O/c1-2-3-5-9-14(12-8-13-15)10-6-4-7-11-14/h8,12,15H,2-7,9-11,13H2,1H3. The van der Waals surface area contributed by atoms with Crippen LogP contribution in [0.1, 0.15) is 64.7 Å². The minimum absolute atomic E-state index is 0.204. The van der Waals surface area contributed by atoms with Crippen LogP contribution in [0.15, 0.2) is 12.2 Å². The van der Waals surface area contributed by atoms with Crippen LogP contribution in [-0.4, -0.2) is 11.7 Å². The average molecular weight is 210 g/mol. The number of aliphatic hydroxyl groups is 1. The average Bonchev–Trinajstić information content (AvgIpc) is 2.28. The number of unbranched alkanes of at least 4 members (excludes halogenated alkanes) is 2. The summed E-state index contributed by atoms with van der Waals surface area (Å²) in [6.45, 7) is 2.46. The molecule has 1 nitrogen and oxygen atoms in total. The summed E-state index contributed by atoms with van der Waals surface area (Å²) in [6, 6.07) is 0. The van der Waals surface area contributed by atoms with E-state index in [0.717, 1.165) is 0 Å². The Kier molecular flexibility index (Phi) is 6.00. The van der Waals surface area contributed by atoms with Crippen LogP contribution in [0, 0.1) is 5.41 Å². The third-order valence-electron chi connectivity index (χ3n) is 3.70. The molecule has 1 heteroatoms. The topological polar surface area (TPSA) is 20.2 Å². The highest BCUT2D eigenvalue weighted by Gasteiger charge is 2.28. The molecule has 0 aromatic heterocycles. The van der Waals surface area contributed by atoms with Crippen molar-refractivity contribution < 1.29 is 5.11 Å². The lowest BCUT2D eigenvalue weighted by atomic mass is 9.70. The van der Waals surface area contributed by atoms with Crippen LogP contribution >= 0.6 is 0 Å². The Morgan fingerprint density at radius 2 is 1.87 bits per heavy atom. The van der Waals surface area contributed by atoms with Gasteiger partial charge in [-0.15, -0.1) is 0 Å². The molecule has 0 spiro atoms. The number of hydrogen-bond acceptors (Lipinski definition) is 1. The third kappa shape index (κ3) is 4.38. The highest BCUT2D eigenvalue weighted by atomic mass is 16.2. The van der Waals surface area contributed by atoms with Gasteiger partial charge in [-0.1, -0.05) is 57.6 Å². The number of rotatable bonds is 6. The van der Waals surface area contributed by atoms with E-state index in [4.69, 9.17) is 5.11 Å². The molecule has 0 bridgehead atoms. The van der Waals surface area contributed by atoms with Gasteiger partial charge in [0.15, 0.2) is 0 Å². The van der Waals surface area contributed by atoms with Crippen molar-refractivity contribution in [3.05, 3.63) is 12.2 Å². The number of aliphatic hydroxyl groups excluding tert-OH is 1. The van der Waals surface area contributed by atoms with Gasteiger partial charge in [-0.2, -0.15) is 0 Å². The van der Waals surface area contributed by atoms with Crippen molar-refractivity contribution in [2.45, 2.75) is 64.7 Å². The molecule has 0 saturated heterocycles. The van der Waals surface area contributed by atoms with E-state index >= 15 is 0 Å². The molecule has 1 saturated carbocycles. The molecule has 0 atom stereocenters. The molecule has 15 heavy (non-hydrogen) atoms. The van der Waals surface area contributed by atoms with E-state index in [1.54, 1.807) is 0 Å². The van der Waals surface area contributed by atoms with Gasteiger partial charge < -0.3 is 5.11 Å². The maximum Gasteiger partial charge on any atom is 0.0612 e. The Morgan fingerprint density at radius 3 is 2.47 bits per heavy atom. The van der Waals surface area contributed by atoms with Crippen molar-refractivity contribution in [2.75, 3.05) is 6.61 Å². The molecule has 0 unspecified atom stereocenters. The molecule has 1 aliphatic rings. The summed E-state index contributed by atoms with van der Waals surface area (Å²) in [5.41, 5.74) is 0.441. The quantitative estimate of drug-likeness (QED) is 0.517. The lowest BCUT2D eigenvalue weighted by molar-refractivity contribution is 0.229. The molecular weight excluding hydrogens is 184 g/mol. The van der Waals surface area contributed by atoms with Gasteiger partial charge >= 0.3 is 0 Å². The summed E-state index contributed by atoms with van der Waals surface area (Å²) in [7, 11) is 0. The van der Waals surface area contributed by atoms with E-state index in [1.165, 1.54) is 57.8 Å². The van der Waals surface area contributed by atoms with Gasteiger partial charge in [0.2, 0.25) is 0 Å². The predicted molar refractivity (Wildman–Crippen MR) is 65.9 cm³/mol. The minimum atomic E-state index is 0.204. The van der Waals surface area contributed by atoms with E-state index < -0.39 is 0 Å². The molecule has 0 radical (unpaired) electrons. The van der Waals surface area contributed by atoms with Crippen molar-refractivity contribution in [2.24, 2.45) is 5.41 Å². The van der Waals surface area contributed by atoms with E-state index in [0.29, 0.717) is 5.41 Å². The van der Waals surface area contributed by atoms with E-state index in [2.05, 4.69) is 13.0 Å². The van der Waals surface area contributed by atoms with Gasteiger partial charge in [0, 0.05) is 0 Å². The zero-order valence-electron chi connectivity index (χ0n) is 10.2. The van der Waals surface area contributed by atoms with Crippen LogP contribution in [0.4, 0.5) is 0 Å². The van der Waals surface area contributed by atoms with Crippen molar-refractivity contribution in [1.29, 1.82) is 0 Å². The first-order valence-electron chi connectivity index (χ1n) is 6.61. The minimum Gasteiger partial charge on any atom is -0.392 e. The van der Waals surface area contributed by atoms with E-state index in [-0.39, 0.29) is 6.61 Å². The SMILES string of the molecule is CCCCCC1(C=CCO)CCCCC1. The molecule has 1 rings (SSSR count). The summed E-state index contributed by atoms with van der Waals surface area (Å²) in [5, 5.41) is 8.90. The van der Waals surface area contributed by atoms with Crippen LogP contribution in [0.2, 0.25) is 0 Å². The Hall–Kier alpha value is -0.300. The highest BCUT2D eigenvalue weighted by Crippen LogP contribution is 2.41. The van der Waals surface area contributed by atoms with Crippen molar-refractivity contribution >= 4 is 0 Å². The molecule has 1 aliphatic carbocycles. The Bertz CT molecular complexity index is 178. The van der Waals surface area contributed by atoms with Gasteiger partial charge in [0.1, 0.15) is 0 Å². The summed E-state index contributed by atoms with van der Waals surface area (Å²) >= 11 is 0. The third-order valence-corrected chi connectivity index (χ3v) is 3.70. The van der Waals surface area contributed by atoms with Crippen LogP contribution in [0.25, 0.3) is 0 Å². The van der Waals surface area contributed by atoms with Gasteiger partial charge in [-0.05, 0) is 24.7 Å². The van der Waals surface area contributed by atoms with Crippen LogP contribution in [0.3, 0.4) is 0 Å². The second-order valence-electron chi connectivity index (χ2n) is 4.97. The first-order valence-corrected chi connectivity index (χ1v) is 6.61. The molecule has 1 N–H and O–H groups in total. The number of hydrogen-bond donors (Lipinski definition) is 1. The molecule has 88 valence electrons. The second-order valence-corrected chi connectivity index (χ2v) is 4.97. The molecule has 0 aliphatic heterocycles. The summed E-state index contributed by atoms with van der Waals surface area (Å²) < 4.78 is 0. The lowest BCUT2D eigenvalue weighted by Crippen LogP contribution is -2.21. The highest BCUT2D eigenvalue weighted by molar-refractivity contribution is 5.01. The second kappa shape index (κ2) is 7.05. The van der Waals surface area contributed by atoms with Crippen molar-refractivity contribution in [3.63, 3.8) is 0 Å². The Morgan fingerprint density at radius 1 is 1.13 bits per heavy atom. The normalized spacial score (nSPS) is 20.9. The van der Waals surface area contributed by atoms with Crippen LogP contribution in [0.5, 0.6) is 0 Å². The van der Waals surface area contributed by atoms with Crippen molar-refractivity contribution in [3.8, 4) is 0 Å². The first-order chi connectivity index (χ1) is 7.33. The summed E-state index contributed by atoms with van der Waals surface area (Å²) in [4.78, 5) is 0. The summed E-state index contributed by atoms with van der Waals surface area (Å²) in [5.74, 6) is 0.